The Bertz CT molecular complexity index is 770. The van der Waals surface area contributed by atoms with Gasteiger partial charge < -0.3 is 9.72 Å². The van der Waals surface area contributed by atoms with Crippen molar-refractivity contribution in [2.24, 2.45) is 0 Å². The van der Waals surface area contributed by atoms with Gasteiger partial charge in [-0.2, -0.15) is 0 Å². The van der Waals surface area contributed by atoms with E-state index in [0.717, 1.165) is 32.3 Å². The van der Waals surface area contributed by atoms with Gasteiger partial charge in [0.1, 0.15) is 10.4 Å². The average molecular weight is 245 g/mol. The maximum absolute atomic E-state index is 12.0. The number of para-hydroxylation sites is 1. The zero-order valence-corrected chi connectivity index (χ0v) is 10.4. The molecule has 4 heteroatoms. The third kappa shape index (κ3) is 1.37. The van der Waals surface area contributed by atoms with Crippen LogP contribution in [-0.4, -0.2) is 12.1 Å². The van der Waals surface area contributed by atoms with E-state index in [1.165, 1.54) is 11.3 Å². The quantitative estimate of drug-likeness (QED) is 0.716. The maximum Gasteiger partial charge on any atom is 0.266 e. The highest BCUT2D eigenvalue weighted by molar-refractivity contribution is 7.17. The minimum absolute atomic E-state index is 0.0462. The van der Waals surface area contributed by atoms with Crippen molar-refractivity contribution in [1.82, 2.24) is 4.98 Å². The van der Waals surface area contributed by atoms with Crippen molar-refractivity contribution in [1.29, 1.82) is 0 Å². The Hall–Kier alpha value is -1.81. The Labute approximate surface area is 102 Å². The van der Waals surface area contributed by atoms with Gasteiger partial charge in [0, 0.05) is 16.2 Å². The van der Waals surface area contributed by atoms with Crippen LogP contribution in [0.5, 0.6) is 5.75 Å². The molecule has 0 atom stereocenters. The number of hydrogen-bond acceptors (Lipinski definition) is 3. The predicted molar refractivity (Wildman–Crippen MR) is 71.2 cm³/mol. The van der Waals surface area contributed by atoms with Crippen LogP contribution in [0.4, 0.5) is 0 Å². The molecular weight excluding hydrogens is 234 g/mol. The van der Waals surface area contributed by atoms with Crippen molar-refractivity contribution < 1.29 is 4.74 Å². The Morgan fingerprint density at radius 1 is 1.35 bits per heavy atom. The number of H-pyrrole nitrogens is 1. The summed E-state index contributed by atoms with van der Waals surface area (Å²) in [5.74, 6) is 0.770. The number of hydrogen-bond donors (Lipinski definition) is 1. The molecule has 0 aliphatic heterocycles. The minimum atomic E-state index is -0.0462. The fraction of sp³-hybridized carbons (Fsp3) is 0.154. The van der Waals surface area contributed by atoms with E-state index >= 15 is 0 Å². The number of ether oxygens (including phenoxy) is 1. The maximum atomic E-state index is 12.0. The van der Waals surface area contributed by atoms with Crippen LogP contribution in [0.2, 0.25) is 0 Å². The molecule has 0 saturated heterocycles. The van der Waals surface area contributed by atoms with Crippen LogP contribution in [0.3, 0.4) is 0 Å². The molecule has 1 N–H and O–H groups in total. The van der Waals surface area contributed by atoms with E-state index in [-0.39, 0.29) is 5.56 Å². The SMILES string of the molecule is COc1csc2c(=O)[nH]c3c(C)cccc3c12. The third-order valence-corrected chi connectivity index (χ3v) is 3.92. The number of rotatable bonds is 1. The minimum Gasteiger partial charge on any atom is -0.495 e. The Balaban J connectivity index is 2.66. The first-order valence-corrected chi connectivity index (χ1v) is 6.17. The molecule has 0 amide bonds. The molecule has 3 rings (SSSR count). The molecule has 0 fully saturated rings. The van der Waals surface area contributed by atoms with Gasteiger partial charge in [0.05, 0.1) is 12.6 Å². The first-order chi connectivity index (χ1) is 8.22. The van der Waals surface area contributed by atoms with E-state index in [0.29, 0.717) is 0 Å². The number of pyridine rings is 1. The van der Waals surface area contributed by atoms with E-state index in [2.05, 4.69) is 4.98 Å². The number of thiophene rings is 1. The van der Waals surface area contributed by atoms with Crippen LogP contribution in [0.25, 0.3) is 21.0 Å². The number of nitrogens with one attached hydrogen (secondary N) is 1. The summed E-state index contributed by atoms with van der Waals surface area (Å²) in [5.41, 5.74) is 1.91. The van der Waals surface area contributed by atoms with Gasteiger partial charge in [-0.3, -0.25) is 4.79 Å². The van der Waals surface area contributed by atoms with Crippen molar-refractivity contribution in [2.75, 3.05) is 7.11 Å². The van der Waals surface area contributed by atoms with Gasteiger partial charge in [-0.05, 0) is 12.5 Å². The number of fused-ring (bicyclic) bond motifs is 3. The second kappa shape index (κ2) is 3.60. The lowest BCUT2D eigenvalue weighted by molar-refractivity contribution is 0.421. The number of aryl methyl sites for hydroxylation is 1. The van der Waals surface area contributed by atoms with Crippen LogP contribution in [-0.2, 0) is 0 Å². The second-order valence-electron chi connectivity index (χ2n) is 3.96. The fourth-order valence-electron chi connectivity index (χ4n) is 2.13. The number of benzene rings is 1. The van der Waals surface area contributed by atoms with Crippen molar-refractivity contribution in [3.63, 3.8) is 0 Å². The lowest BCUT2D eigenvalue weighted by atomic mass is 10.1. The van der Waals surface area contributed by atoms with Gasteiger partial charge in [0.15, 0.2) is 0 Å². The fourth-order valence-corrected chi connectivity index (χ4v) is 3.05. The summed E-state index contributed by atoms with van der Waals surface area (Å²) >= 11 is 1.42. The van der Waals surface area contributed by atoms with Gasteiger partial charge in [-0.1, -0.05) is 18.2 Å². The highest BCUT2D eigenvalue weighted by atomic mass is 32.1. The largest absolute Gasteiger partial charge is 0.495 e. The summed E-state index contributed by atoms with van der Waals surface area (Å²) in [7, 11) is 1.63. The van der Waals surface area contributed by atoms with Gasteiger partial charge in [-0.15, -0.1) is 11.3 Å². The monoisotopic (exact) mass is 245 g/mol. The van der Waals surface area contributed by atoms with Crippen LogP contribution >= 0.6 is 11.3 Å². The number of methoxy groups -OCH3 is 1. The molecule has 2 aromatic heterocycles. The highest BCUT2D eigenvalue weighted by Gasteiger charge is 2.12. The molecule has 0 bridgehead atoms. The number of aromatic amines is 1. The second-order valence-corrected chi connectivity index (χ2v) is 4.84. The van der Waals surface area contributed by atoms with Gasteiger partial charge in [-0.25, -0.2) is 0 Å². The molecule has 3 nitrogen and oxygen atoms in total. The predicted octanol–water partition coefficient (Wildman–Crippen LogP) is 3.06. The van der Waals surface area contributed by atoms with Crippen molar-refractivity contribution >= 4 is 32.3 Å². The molecule has 86 valence electrons. The van der Waals surface area contributed by atoms with Crippen LogP contribution < -0.4 is 10.3 Å². The summed E-state index contributed by atoms with van der Waals surface area (Å²) in [6, 6.07) is 5.99. The van der Waals surface area contributed by atoms with E-state index in [1.54, 1.807) is 7.11 Å². The highest BCUT2D eigenvalue weighted by Crippen LogP contribution is 2.35. The van der Waals surface area contributed by atoms with Crippen molar-refractivity contribution in [3.8, 4) is 5.75 Å². The van der Waals surface area contributed by atoms with Crippen LogP contribution in [0.1, 0.15) is 5.56 Å². The summed E-state index contributed by atoms with van der Waals surface area (Å²) in [4.78, 5) is 14.9. The van der Waals surface area contributed by atoms with E-state index in [9.17, 15) is 4.79 Å². The molecule has 1 aromatic carbocycles. The summed E-state index contributed by atoms with van der Waals surface area (Å²) in [5, 5.41) is 3.83. The zero-order valence-electron chi connectivity index (χ0n) is 9.53. The molecule has 2 heterocycles. The van der Waals surface area contributed by atoms with Gasteiger partial charge in [0.25, 0.3) is 5.56 Å². The molecule has 3 aromatic rings. The summed E-state index contributed by atoms with van der Waals surface area (Å²) < 4.78 is 6.05. The van der Waals surface area contributed by atoms with Gasteiger partial charge in [0.2, 0.25) is 0 Å². The smallest absolute Gasteiger partial charge is 0.266 e. The molecule has 0 saturated carbocycles. The summed E-state index contributed by atoms with van der Waals surface area (Å²) in [6.45, 7) is 1.99. The van der Waals surface area contributed by atoms with Crippen molar-refractivity contribution in [3.05, 3.63) is 39.5 Å². The van der Waals surface area contributed by atoms with Crippen LogP contribution in [0, 0.1) is 6.92 Å². The molecule has 0 aliphatic carbocycles. The lowest BCUT2D eigenvalue weighted by Crippen LogP contribution is -2.05. The Morgan fingerprint density at radius 2 is 2.18 bits per heavy atom. The topological polar surface area (TPSA) is 42.1 Å². The van der Waals surface area contributed by atoms with Gasteiger partial charge >= 0.3 is 0 Å². The Kier molecular flexibility index (Phi) is 2.19. The van der Waals surface area contributed by atoms with E-state index in [1.807, 2.05) is 30.5 Å². The zero-order chi connectivity index (χ0) is 12.0. The number of aromatic nitrogens is 1. The lowest BCUT2D eigenvalue weighted by Gasteiger charge is -2.04. The third-order valence-electron chi connectivity index (χ3n) is 2.96. The van der Waals surface area contributed by atoms with E-state index < -0.39 is 0 Å². The molecule has 0 radical (unpaired) electrons. The molecule has 0 unspecified atom stereocenters. The molecule has 0 spiro atoms. The van der Waals surface area contributed by atoms with Crippen molar-refractivity contribution in [2.45, 2.75) is 6.92 Å². The first-order valence-electron chi connectivity index (χ1n) is 5.29. The standard InChI is InChI=1S/C13H11NO2S/c1-7-4-3-5-8-10-9(16-2)6-17-12(10)13(15)14-11(7)8/h3-6H,1-2H3,(H,14,15). The van der Waals surface area contributed by atoms with E-state index in [4.69, 9.17) is 4.74 Å². The normalized spacial score (nSPS) is 11.2. The molecule has 0 aliphatic rings. The molecule has 17 heavy (non-hydrogen) atoms. The first kappa shape index (κ1) is 10.4. The summed E-state index contributed by atoms with van der Waals surface area (Å²) in [6.07, 6.45) is 0. The average Bonchev–Trinajstić information content (AvgIpc) is 2.75. The Morgan fingerprint density at radius 3 is 2.94 bits per heavy atom. The molecular formula is C13H11NO2S. The van der Waals surface area contributed by atoms with Crippen LogP contribution in [0.15, 0.2) is 28.4 Å².